The molecule has 0 unspecified atom stereocenters. The summed E-state index contributed by atoms with van der Waals surface area (Å²) >= 11 is 0. The fourth-order valence-electron chi connectivity index (χ4n) is 2.19. The van der Waals surface area contributed by atoms with E-state index >= 15 is 0 Å². The summed E-state index contributed by atoms with van der Waals surface area (Å²) in [6, 6.07) is 8.62. The minimum Gasteiger partial charge on any atom is -0.497 e. The summed E-state index contributed by atoms with van der Waals surface area (Å²) in [6.45, 7) is 6.99. The van der Waals surface area contributed by atoms with E-state index in [1.807, 2.05) is 12.1 Å². The molecule has 0 aliphatic carbocycles. The van der Waals surface area contributed by atoms with E-state index in [1.165, 1.54) is 19.5 Å². The summed E-state index contributed by atoms with van der Waals surface area (Å²) in [7, 11) is 1.40. The van der Waals surface area contributed by atoms with Gasteiger partial charge in [0.2, 0.25) is 0 Å². The van der Waals surface area contributed by atoms with Gasteiger partial charge >= 0.3 is 0 Å². The molecule has 28 heavy (non-hydrogen) atoms. The van der Waals surface area contributed by atoms with Crippen LogP contribution in [0, 0.1) is 0 Å². The summed E-state index contributed by atoms with van der Waals surface area (Å²) < 4.78 is 23.7. The number of carbonyl (C=O) groups excluding carboxylic acids is 1. The average Bonchev–Trinajstić information content (AvgIpc) is 2.67. The van der Waals surface area contributed by atoms with Crippen LogP contribution in [0.15, 0.2) is 67.5 Å². The fourth-order valence-corrected chi connectivity index (χ4v) is 2.19. The molecule has 1 heterocycles. The van der Waals surface area contributed by atoms with Crippen molar-refractivity contribution >= 4 is 23.0 Å². The van der Waals surface area contributed by atoms with Crippen molar-refractivity contribution < 1.29 is 18.7 Å². The van der Waals surface area contributed by atoms with Crippen molar-refractivity contribution in [3.63, 3.8) is 0 Å². The van der Waals surface area contributed by atoms with Crippen LogP contribution in [0.5, 0.6) is 0 Å². The summed E-state index contributed by atoms with van der Waals surface area (Å²) in [4.78, 5) is 20.1. The molecular weight excluding hydrogens is 363 g/mol. The first-order valence-corrected chi connectivity index (χ1v) is 8.23. The van der Waals surface area contributed by atoms with E-state index < -0.39 is 11.7 Å². The number of nitrogen functional groups attached to an aromatic ring is 1. The molecule has 0 bridgehead atoms. The van der Waals surface area contributed by atoms with E-state index in [0.29, 0.717) is 11.4 Å². The van der Waals surface area contributed by atoms with Gasteiger partial charge in [0.1, 0.15) is 30.3 Å². The molecule has 0 atom stereocenters. The van der Waals surface area contributed by atoms with Gasteiger partial charge in [-0.1, -0.05) is 25.3 Å². The number of nitrogens with one attached hydrogen (secondary N) is 1. The van der Waals surface area contributed by atoms with Crippen molar-refractivity contribution in [1.29, 1.82) is 0 Å². The van der Waals surface area contributed by atoms with Crippen molar-refractivity contribution in [2.45, 2.75) is 6.61 Å². The number of aromatic nitrogens is 2. The molecule has 7 nitrogen and oxygen atoms in total. The number of carbonyl (C=O) groups is 1. The maximum atomic E-state index is 13.2. The Labute approximate surface area is 162 Å². The zero-order valence-corrected chi connectivity index (χ0v) is 15.4. The highest BCUT2D eigenvalue weighted by Gasteiger charge is 2.12. The predicted molar refractivity (Wildman–Crippen MR) is 106 cm³/mol. The third-order valence-corrected chi connectivity index (χ3v) is 3.54. The number of halogens is 1. The van der Waals surface area contributed by atoms with E-state index in [4.69, 9.17) is 15.2 Å². The Morgan fingerprint density at radius 2 is 2.00 bits per heavy atom. The Kier molecular flexibility index (Phi) is 7.41. The zero-order valence-electron chi connectivity index (χ0n) is 15.4. The molecule has 2 rings (SSSR count). The minimum atomic E-state index is -0.687. The van der Waals surface area contributed by atoms with Crippen LogP contribution >= 0.6 is 0 Å². The standard InChI is InChI=1S/C20H21FN4O3/c1-13(21)8-17(14(2)27-3)18-9-19(24-12-23-18)25-20(26)11-28-10-15-4-6-16(22)7-5-15/h4-9,12H,1-2,10-11,22H2,3H3,(H,23,24,25,26)/b17-8+. The van der Waals surface area contributed by atoms with Crippen LogP contribution in [-0.4, -0.2) is 29.6 Å². The molecule has 0 saturated heterocycles. The number of hydrogen-bond donors (Lipinski definition) is 2. The van der Waals surface area contributed by atoms with E-state index in [-0.39, 0.29) is 30.4 Å². The Morgan fingerprint density at radius 1 is 1.29 bits per heavy atom. The first-order chi connectivity index (χ1) is 13.4. The average molecular weight is 384 g/mol. The Bertz CT molecular complexity index is 895. The van der Waals surface area contributed by atoms with Crippen molar-refractivity contribution in [2.75, 3.05) is 24.8 Å². The first kappa shape index (κ1) is 20.8. The lowest BCUT2D eigenvalue weighted by atomic mass is 10.1. The number of allylic oxidation sites excluding steroid dienone is 3. The molecule has 0 saturated carbocycles. The van der Waals surface area contributed by atoms with Crippen LogP contribution < -0.4 is 11.1 Å². The number of nitrogens with zero attached hydrogens (tertiary/aromatic N) is 2. The van der Waals surface area contributed by atoms with Gasteiger partial charge in [0.15, 0.2) is 0 Å². The molecule has 1 aromatic heterocycles. The second kappa shape index (κ2) is 9.98. The van der Waals surface area contributed by atoms with Gasteiger partial charge in [-0.15, -0.1) is 0 Å². The molecule has 0 radical (unpaired) electrons. The van der Waals surface area contributed by atoms with Gasteiger partial charge in [-0.3, -0.25) is 4.79 Å². The second-order valence-electron chi connectivity index (χ2n) is 5.70. The van der Waals surface area contributed by atoms with Crippen molar-refractivity contribution in [2.24, 2.45) is 0 Å². The Morgan fingerprint density at radius 3 is 2.64 bits per heavy atom. The first-order valence-electron chi connectivity index (χ1n) is 8.23. The third kappa shape index (κ3) is 6.33. The van der Waals surface area contributed by atoms with Gasteiger partial charge in [0.05, 0.1) is 19.4 Å². The van der Waals surface area contributed by atoms with E-state index in [9.17, 15) is 9.18 Å². The van der Waals surface area contributed by atoms with Crippen LogP contribution in [0.25, 0.3) is 5.57 Å². The SMILES string of the molecule is C=C(F)/C=C(\C(=C)OC)c1cc(NC(=O)COCc2ccc(N)cc2)ncn1. The molecule has 1 aromatic carbocycles. The predicted octanol–water partition coefficient (Wildman–Crippen LogP) is 3.24. The molecule has 0 aliphatic heterocycles. The number of methoxy groups -OCH3 is 1. The summed E-state index contributed by atoms with van der Waals surface area (Å²) in [5, 5.41) is 2.59. The van der Waals surface area contributed by atoms with E-state index in [1.54, 1.807) is 12.1 Å². The van der Waals surface area contributed by atoms with Crippen LogP contribution in [0.2, 0.25) is 0 Å². The zero-order chi connectivity index (χ0) is 20.5. The summed E-state index contributed by atoms with van der Waals surface area (Å²) in [6.07, 6.45) is 2.37. The van der Waals surface area contributed by atoms with E-state index in [0.717, 1.165) is 11.6 Å². The number of nitrogens with two attached hydrogens (primary N) is 1. The Hall–Kier alpha value is -3.52. The lowest BCUT2D eigenvalue weighted by Crippen LogP contribution is -2.19. The number of amides is 1. The normalized spacial score (nSPS) is 11.0. The monoisotopic (exact) mass is 384 g/mol. The number of ether oxygens (including phenoxy) is 2. The quantitative estimate of drug-likeness (QED) is 0.391. The van der Waals surface area contributed by atoms with Gasteiger partial charge in [-0.2, -0.15) is 0 Å². The molecule has 0 aliphatic rings. The van der Waals surface area contributed by atoms with Gasteiger partial charge in [-0.05, 0) is 23.8 Å². The lowest BCUT2D eigenvalue weighted by Gasteiger charge is -2.11. The molecule has 8 heteroatoms. The fraction of sp³-hybridized carbons (Fsp3) is 0.150. The molecule has 0 spiro atoms. The third-order valence-electron chi connectivity index (χ3n) is 3.54. The van der Waals surface area contributed by atoms with Gasteiger partial charge in [-0.25, -0.2) is 14.4 Å². The van der Waals surface area contributed by atoms with Crippen LogP contribution in [0.4, 0.5) is 15.9 Å². The molecular formula is C20H21FN4O3. The van der Waals surface area contributed by atoms with Crippen molar-refractivity contribution in [3.8, 4) is 0 Å². The van der Waals surface area contributed by atoms with Crippen molar-refractivity contribution in [3.05, 3.63) is 78.7 Å². The van der Waals surface area contributed by atoms with Gasteiger partial charge in [0, 0.05) is 17.3 Å². The molecule has 2 aromatic rings. The molecule has 146 valence electrons. The number of benzene rings is 1. The topological polar surface area (TPSA) is 99.4 Å². The van der Waals surface area contributed by atoms with Crippen molar-refractivity contribution in [1.82, 2.24) is 9.97 Å². The summed E-state index contributed by atoms with van der Waals surface area (Å²) in [5.74, 6) is -0.661. The van der Waals surface area contributed by atoms with Crippen LogP contribution in [0.1, 0.15) is 11.3 Å². The maximum Gasteiger partial charge on any atom is 0.251 e. The highest BCUT2D eigenvalue weighted by atomic mass is 19.1. The van der Waals surface area contributed by atoms with Crippen LogP contribution in [-0.2, 0) is 20.9 Å². The smallest absolute Gasteiger partial charge is 0.251 e. The number of rotatable bonds is 9. The lowest BCUT2D eigenvalue weighted by molar-refractivity contribution is -0.121. The molecule has 3 N–H and O–H groups in total. The highest BCUT2D eigenvalue weighted by Crippen LogP contribution is 2.23. The minimum absolute atomic E-state index is 0.168. The largest absolute Gasteiger partial charge is 0.497 e. The Balaban J connectivity index is 1.99. The van der Waals surface area contributed by atoms with E-state index in [2.05, 4.69) is 28.4 Å². The highest BCUT2D eigenvalue weighted by molar-refractivity contribution is 5.91. The van der Waals surface area contributed by atoms with Gasteiger partial charge in [0.25, 0.3) is 5.91 Å². The maximum absolute atomic E-state index is 13.2. The number of anilines is 2. The molecule has 1 amide bonds. The number of hydrogen-bond acceptors (Lipinski definition) is 6. The summed E-state index contributed by atoms with van der Waals surface area (Å²) in [5.41, 5.74) is 7.77. The van der Waals surface area contributed by atoms with Crippen LogP contribution in [0.3, 0.4) is 0 Å². The molecule has 0 fully saturated rings. The second-order valence-corrected chi connectivity index (χ2v) is 5.70. The van der Waals surface area contributed by atoms with Gasteiger partial charge < -0.3 is 20.5 Å².